The van der Waals surface area contributed by atoms with Gasteiger partial charge in [-0.1, -0.05) is 30.0 Å². The van der Waals surface area contributed by atoms with Crippen molar-refractivity contribution in [2.75, 3.05) is 6.61 Å². The number of rotatable bonds is 5. The van der Waals surface area contributed by atoms with Crippen LogP contribution in [0.3, 0.4) is 0 Å². The molecule has 0 amide bonds. The van der Waals surface area contributed by atoms with Gasteiger partial charge in [0.2, 0.25) is 5.76 Å². The van der Waals surface area contributed by atoms with Gasteiger partial charge in [-0.3, -0.25) is 9.36 Å². The Labute approximate surface area is 187 Å². The first kappa shape index (κ1) is 20.3. The number of para-hydroxylation sites is 1. The maximum Gasteiger partial charge on any atom is 0.374 e. The van der Waals surface area contributed by atoms with E-state index in [-0.39, 0.29) is 17.9 Å². The molecular weight excluding hydrogens is 432 g/mol. The Morgan fingerprint density at radius 3 is 2.94 bits per heavy atom. The van der Waals surface area contributed by atoms with E-state index < -0.39 is 5.97 Å². The van der Waals surface area contributed by atoms with Gasteiger partial charge in [0.1, 0.15) is 10.4 Å². The van der Waals surface area contributed by atoms with Crippen LogP contribution in [0.4, 0.5) is 0 Å². The van der Waals surface area contributed by atoms with Crippen LogP contribution < -0.4 is 5.56 Å². The molecule has 0 atom stereocenters. The fourth-order valence-corrected chi connectivity index (χ4v) is 6.44. The molecule has 0 spiro atoms. The van der Waals surface area contributed by atoms with Crippen LogP contribution in [0, 0.1) is 0 Å². The summed E-state index contributed by atoms with van der Waals surface area (Å²) in [7, 11) is 1.77. The molecule has 3 heterocycles. The summed E-state index contributed by atoms with van der Waals surface area (Å²) in [5.41, 5.74) is 2.61. The van der Waals surface area contributed by atoms with Crippen molar-refractivity contribution in [3.05, 3.63) is 56.4 Å². The molecule has 0 radical (unpaired) electrons. The zero-order chi connectivity index (χ0) is 21.5. The summed E-state index contributed by atoms with van der Waals surface area (Å²) in [4.78, 5) is 32.6. The Morgan fingerprint density at radius 2 is 2.10 bits per heavy atom. The third-order valence-corrected chi connectivity index (χ3v) is 7.90. The Bertz CT molecular complexity index is 1370. The van der Waals surface area contributed by atoms with Crippen molar-refractivity contribution in [2.45, 2.75) is 43.5 Å². The summed E-state index contributed by atoms with van der Waals surface area (Å²) in [5, 5.41) is 2.29. The number of benzene rings is 1. The van der Waals surface area contributed by atoms with Crippen LogP contribution in [-0.4, -0.2) is 22.1 Å². The van der Waals surface area contributed by atoms with Gasteiger partial charge in [0.15, 0.2) is 5.16 Å². The minimum atomic E-state index is -0.475. The summed E-state index contributed by atoms with van der Waals surface area (Å²) in [5.74, 6) is 0.188. The van der Waals surface area contributed by atoms with Crippen molar-refractivity contribution in [3.8, 4) is 0 Å². The molecule has 0 aliphatic heterocycles. The van der Waals surface area contributed by atoms with Crippen LogP contribution in [0.2, 0.25) is 0 Å². The molecule has 0 bridgehead atoms. The number of hydrogen-bond acceptors (Lipinski definition) is 7. The van der Waals surface area contributed by atoms with Gasteiger partial charge in [0, 0.05) is 28.6 Å². The van der Waals surface area contributed by atoms with E-state index in [4.69, 9.17) is 14.1 Å². The number of aryl methyl sites for hydroxylation is 2. The van der Waals surface area contributed by atoms with Crippen molar-refractivity contribution in [1.29, 1.82) is 0 Å². The first-order valence-electron chi connectivity index (χ1n) is 10.4. The first-order valence-corrected chi connectivity index (χ1v) is 12.2. The van der Waals surface area contributed by atoms with E-state index in [1.807, 2.05) is 24.3 Å². The fourth-order valence-electron chi connectivity index (χ4n) is 4.14. The Hall–Kier alpha value is -2.58. The first-order chi connectivity index (χ1) is 15.1. The molecule has 5 rings (SSSR count). The molecule has 6 nitrogen and oxygen atoms in total. The molecule has 0 fully saturated rings. The fraction of sp³-hybridized carbons (Fsp3) is 0.348. The molecule has 0 saturated heterocycles. The lowest BCUT2D eigenvalue weighted by molar-refractivity contribution is 0.0491. The van der Waals surface area contributed by atoms with Crippen LogP contribution in [-0.2, 0) is 30.4 Å². The zero-order valence-corrected chi connectivity index (χ0v) is 19.0. The summed E-state index contributed by atoms with van der Waals surface area (Å²) >= 11 is 3.08. The number of thioether (sulfide) groups is 1. The molecule has 0 unspecified atom stereocenters. The van der Waals surface area contributed by atoms with E-state index in [9.17, 15) is 9.59 Å². The number of aromatic nitrogens is 2. The third-order valence-electron chi connectivity index (χ3n) is 5.66. The van der Waals surface area contributed by atoms with Crippen molar-refractivity contribution in [3.63, 3.8) is 0 Å². The number of fused-ring (bicyclic) bond motifs is 4. The van der Waals surface area contributed by atoms with Crippen molar-refractivity contribution in [2.24, 2.45) is 7.05 Å². The van der Waals surface area contributed by atoms with E-state index in [0.29, 0.717) is 16.5 Å². The van der Waals surface area contributed by atoms with E-state index in [1.54, 1.807) is 29.9 Å². The lowest BCUT2D eigenvalue weighted by Crippen LogP contribution is -2.20. The topological polar surface area (TPSA) is 74.3 Å². The predicted molar refractivity (Wildman–Crippen MR) is 123 cm³/mol. The van der Waals surface area contributed by atoms with Crippen LogP contribution >= 0.6 is 23.1 Å². The summed E-state index contributed by atoms with van der Waals surface area (Å²) in [6.45, 7) is 2.04. The third kappa shape index (κ3) is 3.47. The molecule has 0 N–H and O–H groups in total. The van der Waals surface area contributed by atoms with Crippen LogP contribution in [0.25, 0.3) is 21.2 Å². The van der Waals surface area contributed by atoms with E-state index in [2.05, 4.69) is 0 Å². The van der Waals surface area contributed by atoms with Crippen LogP contribution in [0.5, 0.6) is 0 Å². The van der Waals surface area contributed by atoms with E-state index in [1.165, 1.54) is 28.6 Å². The number of esters is 1. The normalized spacial score (nSPS) is 13.6. The zero-order valence-electron chi connectivity index (χ0n) is 17.4. The highest BCUT2D eigenvalue weighted by molar-refractivity contribution is 7.98. The molecule has 1 aliphatic rings. The number of ether oxygens (including phenoxy) is 1. The van der Waals surface area contributed by atoms with Crippen molar-refractivity contribution < 1.29 is 13.9 Å². The monoisotopic (exact) mass is 454 g/mol. The number of nitrogens with zero attached hydrogens (tertiary/aromatic N) is 2. The molecule has 4 aromatic rings. The van der Waals surface area contributed by atoms with Gasteiger partial charge in [-0.15, -0.1) is 11.3 Å². The van der Waals surface area contributed by atoms with Crippen LogP contribution in [0.1, 0.15) is 46.3 Å². The highest BCUT2D eigenvalue weighted by Crippen LogP contribution is 2.36. The van der Waals surface area contributed by atoms with E-state index in [0.717, 1.165) is 40.4 Å². The van der Waals surface area contributed by atoms with Crippen molar-refractivity contribution >= 4 is 50.3 Å². The van der Waals surface area contributed by atoms with E-state index >= 15 is 0 Å². The minimum Gasteiger partial charge on any atom is -0.460 e. The summed E-state index contributed by atoms with van der Waals surface area (Å²) < 4.78 is 12.6. The standard InChI is InChI=1S/C23H22N2O4S2/c1-3-28-22(27)19-15(13-8-4-6-10-16(13)29-19)12-30-23-24-20-18(21(26)25(23)2)14-9-5-7-11-17(14)31-20/h4,6,8,10H,3,5,7,9,11-12H2,1-2H3. The van der Waals surface area contributed by atoms with Gasteiger partial charge in [0.25, 0.3) is 5.56 Å². The molecule has 3 aromatic heterocycles. The molecular formula is C23H22N2O4S2. The molecule has 0 saturated carbocycles. The Morgan fingerprint density at radius 1 is 1.29 bits per heavy atom. The van der Waals surface area contributed by atoms with Gasteiger partial charge < -0.3 is 9.15 Å². The lowest BCUT2D eigenvalue weighted by atomic mass is 9.97. The lowest BCUT2D eigenvalue weighted by Gasteiger charge is -2.11. The molecule has 31 heavy (non-hydrogen) atoms. The molecule has 1 aliphatic carbocycles. The van der Waals surface area contributed by atoms with Gasteiger partial charge in [-0.25, -0.2) is 9.78 Å². The minimum absolute atomic E-state index is 0.00886. The predicted octanol–water partition coefficient (Wildman–Crippen LogP) is 5.09. The smallest absolute Gasteiger partial charge is 0.374 e. The maximum atomic E-state index is 13.1. The number of carbonyl (C=O) groups excluding carboxylic acids is 1. The average molecular weight is 455 g/mol. The number of carbonyl (C=O) groups is 1. The maximum absolute atomic E-state index is 13.1. The van der Waals surface area contributed by atoms with Gasteiger partial charge in [0.05, 0.1) is 12.0 Å². The highest BCUT2D eigenvalue weighted by Gasteiger charge is 2.24. The Balaban J connectivity index is 1.54. The second kappa shape index (κ2) is 8.16. The molecule has 8 heteroatoms. The van der Waals surface area contributed by atoms with Gasteiger partial charge in [-0.05, 0) is 44.2 Å². The second-order valence-corrected chi connectivity index (χ2v) is 9.59. The van der Waals surface area contributed by atoms with Crippen LogP contribution in [0.15, 0.2) is 38.6 Å². The average Bonchev–Trinajstić information content (AvgIpc) is 3.33. The van der Waals surface area contributed by atoms with Gasteiger partial charge in [-0.2, -0.15) is 0 Å². The number of furan rings is 1. The van der Waals surface area contributed by atoms with Crippen molar-refractivity contribution in [1.82, 2.24) is 9.55 Å². The highest BCUT2D eigenvalue weighted by atomic mass is 32.2. The second-order valence-electron chi connectivity index (χ2n) is 7.56. The SMILES string of the molecule is CCOC(=O)c1oc2ccccc2c1CSc1nc2sc3c(c2c(=O)n1C)CCCC3. The summed E-state index contributed by atoms with van der Waals surface area (Å²) in [6.07, 6.45) is 4.29. The quantitative estimate of drug-likeness (QED) is 0.238. The van der Waals surface area contributed by atoms with Gasteiger partial charge >= 0.3 is 5.97 Å². The number of hydrogen-bond donors (Lipinski definition) is 0. The molecule has 1 aromatic carbocycles. The largest absolute Gasteiger partial charge is 0.460 e. The summed E-state index contributed by atoms with van der Waals surface area (Å²) in [6, 6.07) is 7.55. The molecule has 160 valence electrons. The number of thiophene rings is 1. The Kier molecular flexibility index (Phi) is 5.35.